The van der Waals surface area contributed by atoms with Crippen molar-refractivity contribution in [2.75, 3.05) is 0 Å². The van der Waals surface area contributed by atoms with Crippen molar-refractivity contribution in [2.24, 2.45) is 0 Å². The number of piperidine rings is 1. The Kier molecular flexibility index (Phi) is 3.97. The zero-order chi connectivity index (χ0) is 13.1. The van der Waals surface area contributed by atoms with Crippen LogP contribution in [-0.2, 0) is 0 Å². The van der Waals surface area contributed by atoms with Gasteiger partial charge < -0.3 is 0 Å². The van der Waals surface area contributed by atoms with E-state index < -0.39 is 0 Å². The first-order valence-corrected chi connectivity index (χ1v) is 6.51. The molecule has 2 N–H and O–H groups in total. The number of hydrogen-bond donors (Lipinski definition) is 2. The number of carbonyl (C=O) groups is 1. The van der Waals surface area contributed by atoms with Gasteiger partial charge in [0, 0.05) is 18.4 Å². The molecule has 0 radical (unpaired) electrons. The third-order valence-electron chi connectivity index (χ3n) is 3.70. The van der Waals surface area contributed by atoms with E-state index in [0.717, 1.165) is 17.9 Å². The topological polar surface area (TPSA) is 33.5 Å². The Hall–Kier alpha value is -1.42. The van der Waals surface area contributed by atoms with Gasteiger partial charge in [-0.3, -0.25) is 4.79 Å². The first-order chi connectivity index (χ1) is 8.58. The zero-order valence-electron chi connectivity index (χ0n) is 10.9. The fourth-order valence-corrected chi connectivity index (χ4v) is 2.58. The average Bonchev–Trinajstić information content (AvgIpc) is 2.34. The van der Waals surface area contributed by atoms with Gasteiger partial charge in [0.05, 0.1) is 0 Å². The Balaban J connectivity index is 2.04. The SMILES string of the molecule is CC1CCCC(C)[NH+]1NC(=O)c1ccc(F)cc1. The molecule has 3 nitrogen and oxygen atoms in total. The maximum Gasteiger partial charge on any atom is 0.295 e. The van der Waals surface area contributed by atoms with Crippen LogP contribution in [0.4, 0.5) is 4.39 Å². The molecule has 1 saturated heterocycles. The summed E-state index contributed by atoms with van der Waals surface area (Å²) in [5.41, 5.74) is 3.52. The second-order valence-electron chi connectivity index (χ2n) is 5.15. The number of halogens is 1. The van der Waals surface area contributed by atoms with Gasteiger partial charge in [-0.25, -0.2) is 9.40 Å². The van der Waals surface area contributed by atoms with E-state index in [9.17, 15) is 9.18 Å². The van der Waals surface area contributed by atoms with Crippen LogP contribution in [0.25, 0.3) is 0 Å². The fourth-order valence-electron chi connectivity index (χ4n) is 2.58. The molecule has 0 bridgehead atoms. The van der Waals surface area contributed by atoms with Gasteiger partial charge in [0.1, 0.15) is 17.9 Å². The molecule has 0 spiro atoms. The molecular weight excluding hydrogens is 231 g/mol. The number of carbonyl (C=O) groups excluding carboxylic acids is 1. The van der Waals surface area contributed by atoms with Gasteiger partial charge in [-0.15, -0.1) is 0 Å². The van der Waals surface area contributed by atoms with E-state index in [-0.39, 0.29) is 11.7 Å². The van der Waals surface area contributed by atoms with Gasteiger partial charge in [0.2, 0.25) is 0 Å². The monoisotopic (exact) mass is 251 g/mol. The van der Waals surface area contributed by atoms with Crippen molar-refractivity contribution >= 4 is 5.91 Å². The van der Waals surface area contributed by atoms with Gasteiger partial charge in [-0.1, -0.05) is 0 Å². The van der Waals surface area contributed by atoms with Crippen molar-refractivity contribution in [1.29, 1.82) is 0 Å². The van der Waals surface area contributed by atoms with Crippen LogP contribution in [0.15, 0.2) is 24.3 Å². The second kappa shape index (κ2) is 5.48. The maximum atomic E-state index is 12.8. The molecule has 0 aromatic heterocycles. The highest BCUT2D eigenvalue weighted by Crippen LogP contribution is 2.07. The average molecular weight is 251 g/mol. The Morgan fingerprint density at radius 2 is 1.78 bits per heavy atom. The smallest absolute Gasteiger partial charge is 0.264 e. The van der Waals surface area contributed by atoms with Crippen LogP contribution >= 0.6 is 0 Å². The molecule has 0 aliphatic carbocycles. The quantitative estimate of drug-likeness (QED) is 0.816. The van der Waals surface area contributed by atoms with E-state index in [1.165, 1.54) is 30.7 Å². The lowest BCUT2D eigenvalue weighted by molar-refractivity contribution is -0.984. The van der Waals surface area contributed by atoms with Gasteiger partial charge in [-0.05, 0) is 44.5 Å². The summed E-state index contributed by atoms with van der Waals surface area (Å²) in [6, 6.07) is 6.52. The summed E-state index contributed by atoms with van der Waals surface area (Å²) in [6.07, 6.45) is 3.48. The summed E-state index contributed by atoms with van der Waals surface area (Å²) < 4.78 is 12.8. The molecule has 2 rings (SSSR count). The molecule has 1 aromatic rings. The van der Waals surface area contributed by atoms with Gasteiger partial charge in [0.25, 0.3) is 5.91 Å². The number of hydrogen-bond acceptors (Lipinski definition) is 1. The lowest BCUT2D eigenvalue weighted by atomic mass is 10.00. The molecular formula is C14H20FN2O+. The van der Waals surface area contributed by atoms with Crippen LogP contribution < -0.4 is 10.4 Å². The van der Waals surface area contributed by atoms with E-state index >= 15 is 0 Å². The largest absolute Gasteiger partial charge is 0.295 e. The highest BCUT2D eigenvalue weighted by atomic mass is 19.1. The fraction of sp³-hybridized carbons (Fsp3) is 0.500. The summed E-state index contributed by atoms with van der Waals surface area (Å²) in [7, 11) is 0. The Morgan fingerprint density at radius 1 is 1.22 bits per heavy atom. The minimum absolute atomic E-state index is 0.134. The molecule has 4 heteroatoms. The third kappa shape index (κ3) is 2.88. The van der Waals surface area contributed by atoms with Crippen LogP contribution in [0.1, 0.15) is 43.5 Å². The van der Waals surface area contributed by atoms with Crippen molar-refractivity contribution < 1.29 is 14.2 Å². The van der Waals surface area contributed by atoms with Gasteiger partial charge in [-0.2, -0.15) is 5.43 Å². The van der Waals surface area contributed by atoms with Crippen molar-refractivity contribution in [3.05, 3.63) is 35.6 Å². The highest BCUT2D eigenvalue weighted by Gasteiger charge is 2.30. The number of quaternary nitrogens is 1. The van der Waals surface area contributed by atoms with Crippen LogP contribution in [0.5, 0.6) is 0 Å². The first kappa shape index (κ1) is 13.0. The summed E-state index contributed by atoms with van der Waals surface area (Å²) >= 11 is 0. The Bertz CT molecular complexity index is 408. The van der Waals surface area contributed by atoms with Crippen LogP contribution in [0.3, 0.4) is 0 Å². The Morgan fingerprint density at radius 3 is 2.33 bits per heavy atom. The molecule has 18 heavy (non-hydrogen) atoms. The molecule has 1 heterocycles. The number of rotatable bonds is 2. The third-order valence-corrected chi connectivity index (χ3v) is 3.70. The van der Waals surface area contributed by atoms with Crippen molar-refractivity contribution in [1.82, 2.24) is 5.43 Å². The maximum absolute atomic E-state index is 12.8. The van der Waals surface area contributed by atoms with Crippen molar-refractivity contribution in [3.63, 3.8) is 0 Å². The standard InChI is InChI=1S/C14H19FN2O/c1-10-4-3-5-11(2)17(10)16-14(18)12-6-8-13(15)9-7-12/h6-11H,3-5H2,1-2H3,(H,16,18)/p+1. The molecule has 1 aliphatic rings. The Labute approximate surface area is 107 Å². The predicted octanol–water partition coefficient (Wildman–Crippen LogP) is 1.32. The van der Waals surface area contributed by atoms with Crippen molar-refractivity contribution in [3.8, 4) is 0 Å². The molecule has 0 saturated carbocycles. The molecule has 2 atom stereocenters. The van der Waals surface area contributed by atoms with Crippen LogP contribution in [0.2, 0.25) is 0 Å². The lowest BCUT2D eigenvalue weighted by Gasteiger charge is -2.34. The molecule has 2 unspecified atom stereocenters. The first-order valence-electron chi connectivity index (χ1n) is 6.51. The molecule has 1 aromatic carbocycles. The summed E-state index contributed by atoms with van der Waals surface area (Å²) in [4.78, 5) is 12.1. The van der Waals surface area contributed by atoms with Crippen LogP contribution in [0, 0.1) is 5.82 Å². The summed E-state index contributed by atoms with van der Waals surface area (Å²) in [5, 5.41) is 1.12. The van der Waals surface area contributed by atoms with E-state index in [1.807, 2.05) is 0 Å². The van der Waals surface area contributed by atoms with E-state index in [0.29, 0.717) is 17.6 Å². The lowest BCUT2D eigenvalue weighted by Crippen LogP contribution is -3.25. The van der Waals surface area contributed by atoms with E-state index in [4.69, 9.17) is 0 Å². The van der Waals surface area contributed by atoms with Gasteiger partial charge >= 0.3 is 0 Å². The van der Waals surface area contributed by atoms with Crippen LogP contribution in [-0.4, -0.2) is 18.0 Å². The normalized spacial score (nSPS) is 27.8. The van der Waals surface area contributed by atoms with Gasteiger partial charge in [0.15, 0.2) is 0 Å². The second-order valence-corrected chi connectivity index (χ2v) is 5.15. The minimum atomic E-state index is -0.321. The van der Waals surface area contributed by atoms with Crippen molar-refractivity contribution in [2.45, 2.75) is 45.2 Å². The zero-order valence-corrected chi connectivity index (χ0v) is 10.9. The predicted molar refractivity (Wildman–Crippen MR) is 67.6 cm³/mol. The number of benzene rings is 1. The summed E-state index contributed by atoms with van der Waals surface area (Å²) in [6.45, 7) is 4.30. The molecule has 1 aliphatic heterocycles. The molecule has 98 valence electrons. The van der Waals surface area contributed by atoms with E-state index in [2.05, 4.69) is 19.3 Å². The number of nitrogens with one attached hydrogen (secondary N) is 2. The highest BCUT2D eigenvalue weighted by molar-refractivity contribution is 5.93. The number of amides is 1. The summed E-state index contributed by atoms with van der Waals surface area (Å²) in [5.74, 6) is -0.454. The van der Waals surface area contributed by atoms with E-state index in [1.54, 1.807) is 0 Å². The molecule has 1 fully saturated rings. The molecule has 1 amide bonds. The minimum Gasteiger partial charge on any atom is -0.264 e.